The molecule has 0 aromatic carbocycles. The first kappa shape index (κ1) is 15.0. The highest BCUT2D eigenvalue weighted by atomic mass is 35.5. The van der Waals surface area contributed by atoms with Gasteiger partial charge in [0.05, 0.1) is 11.8 Å². The molecule has 0 saturated heterocycles. The molecule has 1 aliphatic carbocycles. The predicted molar refractivity (Wildman–Crippen MR) is 81.7 cm³/mol. The Bertz CT molecular complexity index is 741. The van der Waals surface area contributed by atoms with Crippen molar-refractivity contribution in [3.63, 3.8) is 0 Å². The molecule has 0 unspecified atom stereocenters. The van der Waals surface area contributed by atoms with Gasteiger partial charge in [-0.25, -0.2) is 9.67 Å². The van der Waals surface area contributed by atoms with E-state index in [9.17, 15) is 4.39 Å². The average molecular weight is 319 g/mol. The van der Waals surface area contributed by atoms with E-state index in [1.807, 2.05) is 6.07 Å². The fraction of sp³-hybridized carbons (Fsp3) is 0.438. The number of pyridine rings is 1. The van der Waals surface area contributed by atoms with Gasteiger partial charge in [-0.15, -0.1) is 0 Å². The summed E-state index contributed by atoms with van der Waals surface area (Å²) in [6.45, 7) is 2.75. The Labute approximate surface area is 133 Å². The standard InChI is InChI=1S/C16H16ClFN4/c1-16(6-2-3-7-16)10-22-15(18)13(9-20-22)12-5-4-11(8-19)21-14(12)17/h4-5,9H,2-3,6-7,10H2,1H3. The summed E-state index contributed by atoms with van der Waals surface area (Å²) >= 11 is 6.06. The van der Waals surface area contributed by atoms with Crippen LogP contribution in [0.15, 0.2) is 18.3 Å². The zero-order valence-electron chi connectivity index (χ0n) is 12.3. The van der Waals surface area contributed by atoms with Crippen molar-refractivity contribution in [2.75, 3.05) is 0 Å². The summed E-state index contributed by atoms with van der Waals surface area (Å²) < 4.78 is 16.1. The first-order valence-corrected chi connectivity index (χ1v) is 7.68. The van der Waals surface area contributed by atoms with Gasteiger partial charge in [-0.3, -0.25) is 0 Å². The quantitative estimate of drug-likeness (QED) is 0.797. The van der Waals surface area contributed by atoms with E-state index in [0.717, 1.165) is 12.8 Å². The number of hydrogen-bond acceptors (Lipinski definition) is 3. The van der Waals surface area contributed by atoms with Gasteiger partial charge in [0.1, 0.15) is 16.9 Å². The number of halogens is 2. The summed E-state index contributed by atoms with van der Waals surface area (Å²) in [6, 6.07) is 5.04. The first-order valence-electron chi connectivity index (χ1n) is 7.31. The molecular formula is C16H16ClFN4. The fourth-order valence-electron chi connectivity index (χ4n) is 3.11. The van der Waals surface area contributed by atoms with E-state index in [1.165, 1.54) is 29.8 Å². The van der Waals surface area contributed by atoms with Gasteiger partial charge in [0.15, 0.2) is 0 Å². The van der Waals surface area contributed by atoms with Crippen LogP contribution in [-0.4, -0.2) is 14.8 Å². The van der Waals surface area contributed by atoms with Gasteiger partial charge in [-0.2, -0.15) is 14.8 Å². The highest BCUT2D eigenvalue weighted by Gasteiger charge is 2.30. The maximum atomic E-state index is 14.7. The third-order valence-electron chi connectivity index (χ3n) is 4.37. The topological polar surface area (TPSA) is 54.5 Å². The average Bonchev–Trinajstić information content (AvgIpc) is 3.07. The summed E-state index contributed by atoms with van der Waals surface area (Å²) in [5.74, 6) is -0.401. The van der Waals surface area contributed by atoms with Gasteiger partial charge in [-0.1, -0.05) is 31.4 Å². The molecule has 2 aromatic rings. The third-order valence-corrected chi connectivity index (χ3v) is 4.66. The van der Waals surface area contributed by atoms with Crippen molar-refractivity contribution in [3.8, 4) is 17.2 Å². The monoisotopic (exact) mass is 318 g/mol. The van der Waals surface area contributed by atoms with Crippen molar-refractivity contribution < 1.29 is 4.39 Å². The lowest BCUT2D eigenvalue weighted by atomic mass is 9.89. The van der Waals surface area contributed by atoms with Crippen molar-refractivity contribution in [2.45, 2.75) is 39.2 Å². The van der Waals surface area contributed by atoms with Crippen molar-refractivity contribution >= 4 is 11.6 Å². The molecule has 1 saturated carbocycles. The molecule has 0 spiro atoms. The van der Waals surface area contributed by atoms with Crippen LogP contribution < -0.4 is 0 Å². The van der Waals surface area contributed by atoms with Crippen LogP contribution in [0, 0.1) is 22.7 Å². The highest BCUT2D eigenvalue weighted by Crippen LogP contribution is 2.39. The molecule has 2 heterocycles. The lowest BCUT2D eigenvalue weighted by molar-refractivity contribution is 0.249. The Kier molecular flexibility index (Phi) is 3.88. The van der Waals surface area contributed by atoms with E-state index in [0.29, 0.717) is 17.7 Å². The van der Waals surface area contributed by atoms with Gasteiger partial charge < -0.3 is 0 Å². The Morgan fingerprint density at radius 3 is 2.73 bits per heavy atom. The minimum absolute atomic E-state index is 0.108. The predicted octanol–water partition coefficient (Wildman–Crippen LogP) is 4.19. The molecule has 0 radical (unpaired) electrons. The smallest absolute Gasteiger partial charge is 0.219 e. The second-order valence-corrected chi connectivity index (χ2v) is 6.53. The number of aromatic nitrogens is 3. The normalized spacial score (nSPS) is 16.6. The highest BCUT2D eigenvalue weighted by molar-refractivity contribution is 6.32. The van der Waals surface area contributed by atoms with Crippen molar-refractivity contribution in [2.24, 2.45) is 5.41 Å². The van der Waals surface area contributed by atoms with Crippen LogP contribution in [0.2, 0.25) is 5.15 Å². The molecule has 6 heteroatoms. The first-order chi connectivity index (χ1) is 10.5. The van der Waals surface area contributed by atoms with E-state index in [-0.39, 0.29) is 16.3 Å². The molecule has 1 fully saturated rings. The molecule has 4 nitrogen and oxygen atoms in total. The van der Waals surface area contributed by atoms with Gasteiger partial charge in [0.2, 0.25) is 5.95 Å². The van der Waals surface area contributed by atoms with Crippen LogP contribution >= 0.6 is 11.6 Å². The number of rotatable bonds is 3. The van der Waals surface area contributed by atoms with Crippen LogP contribution in [0.25, 0.3) is 11.1 Å². The maximum Gasteiger partial charge on any atom is 0.219 e. The summed E-state index contributed by atoms with van der Waals surface area (Å²) in [5, 5.41) is 13.1. The number of nitrogens with zero attached hydrogens (tertiary/aromatic N) is 4. The van der Waals surface area contributed by atoms with E-state index in [1.54, 1.807) is 6.07 Å². The van der Waals surface area contributed by atoms with Crippen LogP contribution in [0.5, 0.6) is 0 Å². The number of nitriles is 1. The van der Waals surface area contributed by atoms with Crippen molar-refractivity contribution in [1.82, 2.24) is 14.8 Å². The van der Waals surface area contributed by atoms with E-state index < -0.39 is 5.95 Å². The van der Waals surface area contributed by atoms with Crippen molar-refractivity contribution in [3.05, 3.63) is 35.1 Å². The molecular weight excluding hydrogens is 303 g/mol. The number of hydrogen-bond donors (Lipinski definition) is 0. The molecule has 3 rings (SSSR count). The van der Waals surface area contributed by atoms with E-state index in [2.05, 4.69) is 17.0 Å². The Balaban J connectivity index is 1.92. The van der Waals surface area contributed by atoms with Gasteiger partial charge in [0, 0.05) is 12.1 Å². The van der Waals surface area contributed by atoms with Crippen LogP contribution in [0.4, 0.5) is 4.39 Å². The lowest BCUT2D eigenvalue weighted by Crippen LogP contribution is -2.21. The van der Waals surface area contributed by atoms with Gasteiger partial charge in [-0.05, 0) is 30.4 Å². The molecule has 0 N–H and O–H groups in total. The van der Waals surface area contributed by atoms with E-state index in [4.69, 9.17) is 16.9 Å². The zero-order valence-corrected chi connectivity index (χ0v) is 13.1. The second kappa shape index (κ2) is 5.69. The molecule has 114 valence electrons. The molecule has 0 aliphatic heterocycles. The summed E-state index contributed by atoms with van der Waals surface area (Å²) in [7, 11) is 0. The Morgan fingerprint density at radius 1 is 1.36 bits per heavy atom. The summed E-state index contributed by atoms with van der Waals surface area (Å²) in [6.07, 6.45) is 6.05. The summed E-state index contributed by atoms with van der Waals surface area (Å²) in [4.78, 5) is 3.94. The molecule has 0 amide bonds. The second-order valence-electron chi connectivity index (χ2n) is 6.17. The Morgan fingerprint density at radius 2 is 2.09 bits per heavy atom. The lowest BCUT2D eigenvalue weighted by Gasteiger charge is -2.23. The molecule has 0 atom stereocenters. The van der Waals surface area contributed by atoms with Crippen LogP contribution in [0.1, 0.15) is 38.3 Å². The third kappa shape index (κ3) is 2.71. The zero-order chi connectivity index (χ0) is 15.7. The molecule has 22 heavy (non-hydrogen) atoms. The summed E-state index contributed by atoms with van der Waals surface area (Å²) in [5.41, 5.74) is 1.10. The van der Waals surface area contributed by atoms with Crippen LogP contribution in [0.3, 0.4) is 0 Å². The maximum absolute atomic E-state index is 14.7. The largest absolute Gasteiger partial charge is 0.239 e. The Hall–Kier alpha value is -1.93. The minimum Gasteiger partial charge on any atom is -0.239 e. The van der Waals surface area contributed by atoms with Gasteiger partial charge >= 0.3 is 0 Å². The van der Waals surface area contributed by atoms with Gasteiger partial charge in [0.25, 0.3) is 0 Å². The molecule has 2 aromatic heterocycles. The van der Waals surface area contributed by atoms with Crippen LogP contribution in [-0.2, 0) is 6.54 Å². The minimum atomic E-state index is -0.401. The SMILES string of the molecule is CC1(Cn2ncc(-c3ccc(C#N)nc3Cl)c2F)CCCC1. The molecule has 1 aliphatic rings. The fourth-order valence-corrected chi connectivity index (χ4v) is 3.36. The van der Waals surface area contributed by atoms with E-state index >= 15 is 0 Å². The van der Waals surface area contributed by atoms with Crippen molar-refractivity contribution in [1.29, 1.82) is 5.26 Å². The molecule has 0 bridgehead atoms.